The number of oxime groups is 1. The minimum atomic E-state index is -0.375. The molecule has 1 atom stereocenters. The molecule has 6 aromatic rings. The first-order valence-corrected chi connectivity index (χ1v) is 18.3. The Bertz CT molecular complexity index is 1870. The summed E-state index contributed by atoms with van der Waals surface area (Å²) in [6.07, 6.45) is 0.998. The van der Waals surface area contributed by atoms with Gasteiger partial charge in [0.15, 0.2) is 6.61 Å². The molecule has 250 valence electrons. The molecule has 1 fully saturated rings. The SMILES string of the molecule is CC(=NOCCOc1ccc(CC2CN(C(c3ccccc3)(c3ccccc3)c3ccccc3)CS2)cc1)c1cccc(-c2ccccc2)c1. The number of nitrogens with zero attached hydrogens (tertiary/aromatic N) is 2. The first-order chi connectivity index (χ1) is 24.7. The maximum atomic E-state index is 6.00. The maximum absolute atomic E-state index is 6.00. The molecule has 0 saturated carbocycles. The summed E-state index contributed by atoms with van der Waals surface area (Å²) in [6.45, 7) is 3.75. The quantitative estimate of drug-likeness (QED) is 0.0529. The summed E-state index contributed by atoms with van der Waals surface area (Å²) in [6, 6.07) is 60.2. The van der Waals surface area contributed by atoms with E-state index in [0.29, 0.717) is 18.5 Å². The van der Waals surface area contributed by atoms with Crippen molar-refractivity contribution < 1.29 is 9.57 Å². The third kappa shape index (κ3) is 7.55. The molecule has 1 aliphatic heterocycles. The van der Waals surface area contributed by atoms with E-state index >= 15 is 0 Å². The van der Waals surface area contributed by atoms with Gasteiger partial charge >= 0.3 is 0 Å². The highest BCUT2D eigenvalue weighted by molar-refractivity contribution is 8.00. The molecule has 1 saturated heterocycles. The molecule has 0 spiro atoms. The van der Waals surface area contributed by atoms with Crippen molar-refractivity contribution in [3.63, 3.8) is 0 Å². The Balaban J connectivity index is 0.959. The zero-order chi connectivity index (χ0) is 34.0. The first-order valence-electron chi connectivity index (χ1n) is 17.3. The first kappa shape index (κ1) is 33.4. The van der Waals surface area contributed by atoms with E-state index < -0.39 is 0 Å². The Kier molecular flexibility index (Phi) is 10.7. The fourth-order valence-electron chi connectivity index (χ4n) is 6.92. The van der Waals surface area contributed by atoms with Crippen LogP contribution < -0.4 is 4.74 Å². The summed E-state index contributed by atoms with van der Waals surface area (Å²) in [5.41, 5.74) is 9.04. The molecule has 1 unspecified atom stereocenters. The Hall–Kier alpha value is -5.10. The van der Waals surface area contributed by atoms with Gasteiger partial charge in [-0.3, -0.25) is 4.90 Å². The molecular weight excluding hydrogens is 633 g/mol. The van der Waals surface area contributed by atoms with Crippen molar-refractivity contribution in [2.24, 2.45) is 5.16 Å². The fourth-order valence-corrected chi connectivity index (χ4v) is 8.21. The Morgan fingerprint density at radius 2 is 1.22 bits per heavy atom. The van der Waals surface area contributed by atoms with Crippen LogP contribution in [0.5, 0.6) is 5.75 Å². The number of hydrogen-bond acceptors (Lipinski definition) is 5. The molecule has 0 radical (unpaired) electrons. The minimum absolute atomic E-state index is 0.373. The topological polar surface area (TPSA) is 34.1 Å². The van der Waals surface area contributed by atoms with Gasteiger partial charge in [0, 0.05) is 17.7 Å². The highest BCUT2D eigenvalue weighted by Crippen LogP contribution is 2.46. The molecule has 50 heavy (non-hydrogen) atoms. The van der Waals surface area contributed by atoms with Crippen LogP contribution in [-0.2, 0) is 16.8 Å². The zero-order valence-electron chi connectivity index (χ0n) is 28.4. The van der Waals surface area contributed by atoms with E-state index in [0.717, 1.165) is 41.4 Å². The lowest BCUT2D eigenvalue weighted by molar-refractivity contribution is 0.107. The molecule has 7 rings (SSSR count). The van der Waals surface area contributed by atoms with Crippen molar-refractivity contribution >= 4 is 17.5 Å². The molecule has 0 bridgehead atoms. The monoisotopic (exact) mass is 674 g/mol. The second kappa shape index (κ2) is 16.1. The van der Waals surface area contributed by atoms with Crippen molar-refractivity contribution in [3.05, 3.63) is 198 Å². The van der Waals surface area contributed by atoms with Crippen LogP contribution in [0, 0.1) is 0 Å². The fraction of sp³-hybridized carbons (Fsp3) is 0.178. The van der Waals surface area contributed by atoms with Gasteiger partial charge in [-0.25, -0.2) is 0 Å². The predicted molar refractivity (Wildman–Crippen MR) is 208 cm³/mol. The van der Waals surface area contributed by atoms with E-state index in [4.69, 9.17) is 9.57 Å². The molecule has 1 aliphatic rings. The number of ether oxygens (including phenoxy) is 1. The summed E-state index contributed by atoms with van der Waals surface area (Å²) in [7, 11) is 0. The van der Waals surface area contributed by atoms with Crippen LogP contribution in [-0.4, -0.2) is 41.5 Å². The van der Waals surface area contributed by atoms with E-state index in [1.165, 1.54) is 27.8 Å². The average Bonchev–Trinajstić information content (AvgIpc) is 3.65. The Morgan fingerprint density at radius 3 is 1.82 bits per heavy atom. The molecule has 1 heterocycles. The number of benzene rings is 6. The number of hydrogen-bond donors (Lipinski definition) is 0. The third-order valence-electron chi connectivity index (χ3n) is 9.36. The normalized spacial score (nSPS) is 15.1. The summed E-state index contributed by atoms with van der Waals surface area (Å²) in [5.74, 6) is 1.79. The zero-order valence-corrected chi connectivity index (χ0v) is 29.2. The summed E-state index contributed by atoms with van der Waals surface area (Å²) < 4.78 is 6.00. The van der Waals surface area contributed by atoms with E-state index in [2.05, 4.69) is 174 Å². The van der Waals surface area contributed by atoms with E-state index in [1.54, 1.807) is 0 Å². The minimum Gasteiger partial charge on any atom is -0.490 e. The van der Waals surface area contributed by atoms with Gasteiger partial charge in [-0.1, -0.05) is 157 Å². The maximum Gasteiger partial charge on any atom is 0.151 e. The van der Waals surface area contributed by atoms with Crippen LogP contribution >= 0.6 is 11.8 Å². The number of thioether (sulfide) groups is 1. The summed E-state index contributed by atoms with van der Waals surface area (Å²) in [5, 5.41) is 4.82. The molecule has 0 aliphatic carbocycles. The lowest BCUT2D eigenvalue weighted by Gasteiger charge is -2.43. The Morgan fingerprint density at radius 1 is 0.660 bits per heavy atom. The van der Waals surface area contributed by atoms with Crippen molar-refractivity contribution in [1.82, 2.24) is 4.90 Å². The standard InChI is InChI=1S/C45H42N2O2S/c1-35(38-17-14-18-39(32-38)37-15-6-2-7-16-37)46-49-30-29-48-43-27-25-36(26-28-43)31-44-33-47(34-50-44)45(40-19-8-3-9-20-40,41-21-10-4-11-22-41)42-23-12-5-13-24-42/h2-28,32,44H,29-31,33-34H2,1H3. The van der Waals surface area contributed by atoms with E-state index in [1.807, 2.05) is 24.8 Å². The van der Waals surface area contributed by atoms with Gasteiger partial charge in [0.1, 0.15) is 12.4 Å². The van der Waals surface area contributed by atoms with Gasteiger partial charge < -0.3 is 9.57 Å². The molecule has 0 aromatic heterocycles. The van der Waals surface area contributed by atoms with Crippen molar-refractivity contribution in [1.29, 1.82) is 0 Å². The summed E-state index contributed by atoms with van der Waals surface area (Å²) >= 11 is 2.05. The second-order valence-corrected chi connectivity index (χ2v) is 13.9. The van der Waals surface area contributed by atoms with Crippen LogP contribution in [0.15, 0.2) is 175 Å². The highest BCUT2D eigenvalue weighted by Gasteiger charge is 2.45. The van der Waals surface area contributed by atoms with Gasteiger partial charge in [0.2, 0.25) is 0 Å². The smallest absolute Gasteiger partial charge is 0.151 e. The average molecular weight is 675 g/mol. The van der Waals surface area contributed by atoms with Gasteiger partial charge in [0.05, 0.1) is 11.3 Å². The van der Waals surface area contributed by atoms with Crippen molar-refractivity contribution in [2.75, 3.05) is 25.6 Å². The molecule has 5 heteroatoms. The largest absolute Gasteiger partial charge is 0.490 e. The van der Waals surface area contributed by atoms with Gasteiger partial charge in [-0.15, -0.1) is 11.8 Å². The summed E-state index contributed by atoms with van der Waals surface area (Å²) in [4.78, 5) is 8.29. The van der Waals surface area contributed by atoms with Crippen LogP contribution in [0.4, 0.5) is 0 Å². The predicted octanol–water partition coefficient (Wildman–Crippen LogP) is 10.1. The molecule has 6 aromatic carbocycles. The molecule has 4 nitrogen and oxygen atoms in total. The third-order valence-corrected chi connectivity index (χ3v) is 10.6. The van der Waals surface area contributed by atoms with Gasteiger partial charge in [0.25, 0.3) is 0 Å². The van der Waals surface area contributed by atoms with Crippen molar-refractivity contribution in [2.45, 2.75) is 24.1 Å². The van der Waals surface area contributed by atoms with Crippen LogP contribution in [0.3, 0.4) is 0 Å². The molecular formula is C45H42N2O2S. The highest BCUT2D eigenvalue weighted by atomic mass is 32.2. The van der Waals surface area contributed by atoms with Crippen LogP contribution in [0.25, 0.3) is 11.1 Å². The van der Waals surface area contributed by atoms with Gasteiger partial charge in [-0.2, -0.15) is 0 Å². The Labute approximate surface area is 300 Å². The van der Waals surface area contributed by atoms with Gasteiger partial charge in [-0.05, 0) is 70.5 Å². The number of rotatable bonds is 13. The second-order valence-electron chi connectivity index (χ2n) is 12.6. The van der Waals surface area contributed by atoms with Crippen LogP contribution in [0.1, 0.15) is 34.7 Å². The molecule has 0 N–H and O–H groups in total. The lowest BCUT2D eigenvalue weighted by atomic mass is 9.75. The van der Waals surface area contributed by atoms with Crippen molar-refractivity contribution in [3.8, 4) is 16.9 Å². The van der Waals surface area contributed by atoms with E-state index in [-0.39, 0.29) is 5.54 Å². The van der Waals surface area contributed by atoms with Crippen LogP contribution in [0.2, 0.25) is 0 Å². The lowest BCUT2D eigenvalue weighted by Crippen LogP contribution is -2.47. The van der Waals surface area contributed by atoms with E-state index in [9.17, 15) is 0 Å². The molecule has 0 amide bonds.